The minimum Gasteiger partial charge on any atom is -0.469 e. The zero-order valence-corrected chi connectivity index (χ0v) is 12.6. The fourth-order valence-corrected chi connectivity index (χ4v) is 3.55. The van der Waals surface area contributed by atoms with Gasteiger partial charge in [0.1, 0.15) is 5.76 Å². The highest BCUT2D eigenvalue weighted by atomic mass is 79.9. The third kappa shape index (κ3) is 2.64. The monoisotopic (exact) mass is 313 g/mol. The van der Waals surface area contributed by atoms with Crippen molar-refractivity contribution in [3.05, 3.63) is 43.9 Å². The molecule has 2 aromatic heterocycles. The van der Waals surface area contributed by atoms with Crippen molar-refractivity contribution in [3.63, 3.8) is 0 Å². The number of aryl methyl sites for hydroxylation is 2. The molecular formula is C13H16BrNOS. The third-order valence-electron chi connectivity index (χ3n) is 2.78. The maximum absolute atomic E-state index is 5.40. The Balaban J connectivity index is 2.39. The average Bonchev–Trinajstić information content (AvgIpc) is 2.83. The summed E-state index contributed by atoms with van der Waals surface area (Å²) in [5.41, 5.74) is 2.51. The number of furan rings is 1. The van der Waals surface area contributed by atoms with E-state index in [2.05, 4.69) is 41.2 Å². The number of nitrogens with one attached hydrogen (secondary N) is 1. The second-order valence-corrected chi connectivity index (χ2v) is 6.43. The van der Waals surface area contributed by atoms with Crippen LogP contribution in [0.5, 0.6) is 0 Å². The Kier molecular flexibility index (Phi) is 4.07. The predicted octanol–water partition coefficient (Wildman–Crippen LogP) is 4.42. The van der Waals surface area contributed by atoms with Crippen molar-refractivity contribution in [1.82, 2.24) is 5.32 Å². The topological polar surface area (TPSA) is 25.2 Å². The highest BCUT2D eigenvalue weighted by Crippen LogP contribution is 2.35. The highest BCUT2D eigenvalue weighted by Gasteiger charge is 2.19. The predicted molar refractivity (Wildman–Crippen MR) is 75.7 cm³/mol. The van der Waals surface area contributed by atoms with Gasteiger partial charge in [-0.25, -0.2) is 0 Å². The minimum atomic E-state index is 0.230. The molecule has 0 fully saturated rings. The molecule has 4 heteroatoms. The van der Waals surface area contributed by atoms with E-state index in [0.717, 1.165) is 12.3 Å². The van der Waals surface area contributed by atoms with E-state index in [1.54, 1.807) is 17.6 Å². The smallest absolute Gasteiger partial charge is 0.105 e. The van der Waals surface area contributed by atoms with Crippen LogP contribution in [0.2, 0.25) is 0 Å². The van der Waals surface area contributed by atoms with Crippen molar-refractivity contribution in [1.29, 1.82) is 0 Å². The molecule has 0 spiro atoms. The average molecular weight is 314 g/mol. The van der Waals surface area contributed by atoms with Crippen LogP contribution in [-0.2, 0) is 0 Å². The van der Waals surface area contributed by atoms with Crippen molar-refractivity contribution in [2.24, 2.45) is 0 Å². The van der Waals surface area contributed by atoms with Crippen LogP contribution in [0.4, 0.5) is 0 Å². The standard InChI is InChI=1S/C13H16BrNOS/c1-4-15-12(10-5-6-16-9(10)3)11-7-8(2)13(14)17-11/h5-7,12,15H,4H2,1-3H3. The fourth-order valence-electron chi connectivity index (χ4n) is 1.89. The van der Waals surface area contributed by atoms with Gasteiger partial charge in [0.15, 0.2) is 0 Å². The van der Waals surface area contributed by atoms with Crippen LogP contribution < -0.4 is 5.32 Å². The first-order valence-corrected chi connectivity index (χ1v) is 7.27. The van der Waals surface area contributed by atoms with Gasteiger partial charge in [-0.1, -0.05) is 6.92 Å². The zero-order valence-electron chi connectivity index (χ0n) is 10.2. The minimum absolute atomic E-state index is 0.230. The van der Waals surface area contributed by atoms with Crippen LogP contribution in [0.3, 0.4) is 0 Å². The summed E-state index contributed by atoms with van der Waals surface area (Å²) in [6.45, 7) is 7.19. The molecule has 92 valence electrons. The molecule has 0 aromatic carbocycles. The second-order valence-electron chi connectivity index (χ2n) is 4.03. The van der Waals surface area contributed by atoms with Gasteiger partial charge >= 0.3 is 0 Å². The van der Waals surface area contributed by atoms with E-state index in [1.807, 2.05) is 13.0 Å². The van der Waals surface area contributed by atoms with E-state index < -0.39 is 0 Å². The van der Waals surface area contributed by atoms with Crippen molar-refractivity contribution in [2.45, 2.75) is 26.8 Å². The summed E-state index contributed by atoms with van der Waals surface area (Å²) in [6, 6.07) is 4.51. The van der Waals surface area contributed by atoms with Crippen LogP contribution in [0.25, 0.3) is 0 Å². The van der Waals surface area contributed by atoms with E-state index in [1.165, 1.54) is 19.8 Å². The molecule has 1 N–H and O–H groups in total. The van der Waals surface area contributed by atoms with Gasteiger partial charge in [-0.15, -0.1) is 11.3 Å². The van der Waals surface area contributed by atoms with E-state index in [4.69, 9.17) is 4.42 Å². The number of thiophene rings is 1. The largest absolute Gasteiger partial charge is 0.469 e. The van der Waals surface area contributed by atoms with Gasteiger partial charge in [-0.2, -0.15) is 0 Å². The number of rotatable bonds is 4. The van der Waals surface area contributed by atoms with Gasteiger partial charge in [0.05, 0.1) is 16.1 Å². The highest BCUT2D eigenvalue weighted by molar-refractivity contribution is 9.11. The molecule has 0 aliphatic rings. The lowest BCUT2D eigenvalue weighted by Gasteiger charge is -2.15. The van der Waals surface area contributed by atoms with Gasteiger partial charge in [-0.05, 0) is 54.0 Å². The quantitative estimate of drug-likeness (QED) is 0.904. The molecule has 0 radical (unpaired) electrons. The molecule has 0 amide bonds. The van der Waals surface area contributed by atoms with E-state index >= 15 is 0 Å². The Morgan fingerprint density at radius 1 is 1.47 bits per heavy atom. The maximum Gasteiger partial charge on any atom is 0.105 e. The maximum atomic E-state index is 5.40. The molecule has 0 saturated carbocycles. The van der Waals surface area contributed by atoms with Gasteiger partial charge in [0.25, 0.3) is 0 Å². The third-order valence-corrected chi connectivity index (χ3v) is 4.98. The van der Waals surface area contributed by atoms with Crippen molar-refractivity contribution >= 4 is 27.3 Å². The number of halogens is 1. The lowest BCUT2D eigenvalue weighted by atomic mass is 10.1. The van der Waals surface area contributed by atoms with Crippen LogP contribution in [-0.4, -0.2) is 6.54 Å². The molecule has 0 aliphatic carbocycles. The zero-order chi connectivity index (χ0) is 12.4. The van der Waals surface area contributed by atoms with Crippen molar-refractivity contribution in [3.8, 4) is 0 Å². The molecule has 1 unspecified atom stereocenters. The summed E-state index contributed by atoms with van der Waals surface area (Å²) >= 11 is 5.37. The molecule has 2 heterocycles. The molecule has 2 rings (SSSR count). The Labute approximate surface area is 114 Å². The molecule has 2 aromatic rings. The van der Waals surface area contributed by atoms with E-state index in [9.17, 15) is 0 Å². The Hall–Kier alpha value is -0.580. The molecule has 0 saturated heterocycles. The molecule has 0 bridgehead atoms. The summed E-state index contributed by atoms with van der Waals surface area (Å²) in [6.07, 6.45) is 1.75. The Bertz CT molecular complexity index is 484. The summed E-state index contributed by atoms with van der Waals surface area (Å²) in [7, 11) is 0. The summed E-state index contributed by atoms with van der Waals surface area (Å²) in [5.74, 6) is 0.984. The van der Waals surface area contributed by atoms with Crippen molar-refractivity contribution < 1.29 is 4.42 Å². The van der Waals surface area contributed by atoms with Gasteiger partial charge in [0.2, 0.25) is 0 Å². The SMILES string of the molecule is CCNC(c1cc(C)c(Br)s1)c1ccoc1C. The fraction of sp³-hybridized carbons (Fsp3) is 0.385. The first-order valence-electron chi connectivity index (χ1n) is 5.66. The van der Waals surface area contributed by atoms with Gasteiger partial charge < -0.3 is 9.73 Å². The van der Waals surface area contributed by atoms with Crippen LogP contribution in [0.1, 0.15) is 34.7 Å². The van der Waals surface area contributed by atoms with E-state index in [-0.39, 0.29) is 6.04 Å². The van der Waals surface area contributed by atoms with Crippen molar-refractivity contribution in [2.75, 3.05) is 6.54 Å². The lowest BCUT2D eigenvalue weighted by molar-refractivity contribution is 0.521. The van der Waals surface area contributed by atoms with Crippen LogP contribution >= 0.6 is 27.3 Å². The molecular weight excluding hydrogens is 298 g/mol. The first-order chi connectivity index (χ1) is 8.13. The summed E-state index contributed by atoms with van der Waals surface area (Å²) < 4.78 is 6.61. The summed E-state index contributed by atoms with van der Waals surface area (Å²) in [4.78, 5) is 1.32. The molecule has 1 atom stereocenters. The Morgan fingerprint density at radius 3 is 2.71 bits per heavy atom. The van der Waals surface area contributed by atoms with Gasteiger partial charge in [0, 0.05) is 10.4 Å². The van der Waals surface area contributed by atoms with E-state index in [0.29, 0.717) is 0 Å². The molecule has 2 nitrogen and oxygen atoms in total. The summed E-state index contributed by atoms with van der Waals surface area (Å²) in [5, 5.41) is 3.51. The second kappa shape index (κ2) is 5.38. The molecule has 0 aliphatic heterocycles. The van der Waals surface area contributed by atoms with Crippen LogP contribution in [0, 0.1) is 13.8 Å². The molecule has 17 heavy (non-hydrogen) atoms. The van der Waals surface area contributed by atoms with Gasteiger partial charge in [-0.3, -0.25) is 0 Å². The lowest BCUT2D eigenvalue weighted by Crippen LogP contribution is -2.21. The Morgan fingerprint density at radius 2 is 2.24 bits per heavy atom. The van der Waals surface area contributed by atoms with Crippen LogP contribution in [0.15, 0.2) is 26.6 Å². The number of hydrogen-bond donors (Lipinski definition) is 1. The normalized spacial score (nSPS) is 12.9. The first kappa shape index (κ1) is 12.9. The number of hydrogen-bond acceptors (Lipinski definition) is 3.